The Balaban J connectivity index is 4.25. The van der Waals surface area contributed by atoms with E-state index in [-0.39, 0.29) is 19.6 Å². The van der Waals surface area contributed by atoms with Gasteiger partial charge in [0.25, 0.3) is 10.2 Å². The molecule has 0 fully saturated rings. The van der Waals surface area contributed by atoms with E-state index in [0.29, 0.717) is 6.42 Å². The molecule has 0 aromatic rings. The molecule has 0 saturated heterocycles. The summed E-state index contributed by atoms with van der Waals surface area (Å²) in [5, 5.41) is 8.76. The van der Waals surface area contributed by atoms with E-state index >= 15 is 0 Å². The molecule has 0 unspecified atom stereocenters. The first-order chi connectivity index (χ1) is 7.43. The zero-order chi connectivity index (χ0) is 12.6. The van der Waals surface area contributed by atoms with Gasteiger partial charge in [-0.1, -0.05) is 13.3 Å². The highest BCUT2D eigenvalue weighted by molar-refractivity contribution is 7.87. The maximum atomic E-state index is 11.4. The van der Waals surface area contributed by atoms with Crippen molar-refractivity contribution in [2.24, 2.45) is 0 Å². The Hall–Kier alpha value is -0.700. The highest BCUT2D eigenvalue weighted by Crippen LogP contribution is 1.98. The van der Waals surface area contributed by atoms with E-state index in [9.17, 15) is 13.2 Å². The van der Waals surface area contributed by atoms with Crippen molar-refractivity contribution in [1.82, 2.24) is 9.44 Å². The number of hydrogen-bond donors (Lipinski definition) is 3. The molecule has 0 radical (unpaired) electrons. The molecule has 0 amide bonds. The number of carbonyl (C=O) groups is 1. The van der Waals surface area contributed by atoms with Crippen LogP contribution in [0, 0.1) is 0 Å². The van der Waals surface area contributed by atoms with Crippen molar-refractivity contribution in [2.75, 3.05) is 20.3 Å². The summed E-state index contributed by atoms with van der Waals surface area (Å²) in [4.78, 5) is 10.7. The van der Waals surface area contributed by atoms with Crippen LogP contribution in [0.3, 0.4) is 0 Å². The lowest BCUT2D eigenvalue weighted by Gasteiger charge is -2.14. The molecule has 16 heavy (non-hydrogen) atoms. The van der Waals surface area contributed by atoms with Gasteiger partial charge in [-0.25, -0.2) is 0 Å². The lowest BCUT2D eigenvalue weighted by Crippen LogP contribution is -2.47. The molecular formula is C8H18N2O5S. The van der Waals surface area contributed by atoms with E-state index < -0.39 is 22.2 Å². The molecule has 1 atom stereocenters. The lowest BCUT2D eigenvalue weighted by molar-refractivity contribution is -0.139. The Morgan fingerprint density at radius 3 is 2.56 bits per heavy atom. The molecule has 0 rings (SSSR count). The number of aliphatic carboxylic acids is 1. The normalized spacial score (nSPS) is 13.6. The summed E-state index contributed by atoms with van der Waals surface area (Å²) in [7, 11) is -2.34. The quantitative estimate of drug-likeness (QED) is 0.472. The predicted molar refractivity (Wildman–Crippen MR) is 58.3 cm³/mol. The fourth-order valence-electron chi connectivity index (χ4n) is 1.03. The molecule has 0 aliphatic carbocycles. The average Bonchev–Trinajstić information content (AvgIpc) is 2.17. The molecule has 3 N–H and O–H groups in total. The predicted octanol–water partition coefficient (Wildman–Crippen LogP) is -0.690. The third kappa shape index (κ3) is 6.72. The maximum absolute atomic E-state index is 11.4. The van der Waals surface area contributed by atoms with Gasteiger partial charge >= 0.3 is 5.97 Å². The Kier molecular flexibility index (Phi) is 7.22. The van der Waals surface area contributed by atoms with Gasteiger partial charge in [0, 0.05) is 13.7 Å². The van der Waals surface area contributed by atoms with Crippen molar-refractivity contribution in [3.8, 4) is 0 Å². The first kappa shape index (κ1) is 15.3. The van der Waals surface area contributed by atoms with Gasteiger partial charge < -0.3 is 9.84 Å². The fourth-order valence-corrected chi connectivity index (χ4v) is 2.06. The third-order valence-corrected chi connectivity index (χ3v) is 2.95. The minimum atomic E-state index is -3.78. The second-order valence-corrected chi connectivity index (χ2v) is 4.72. The lowest BCUT2D eigenvalue weighted by atomic mass is 10.2. The van der Waals surface area contributed by atoms with Gasteiger partial charge in [-0.2, -0.15) is 17.9 Å². The van der Waals surface area contributed by atoms with Crippen LogP contribution in [-0.2, 0) is 19.7 Å². The van der Waals surface area contributed by atoms with Crippen LogP contribution in [-0.4, -0.2) is 45.8 Å². The van der Waals surface area contributed by atoms with Crippen LogP contribution in [0.15, 0.2) is 0 Å². The van der Waals surface area contributed by atoms with Crippen LogP contribution in [0.2, 0.25) is 0 Å². The molecule has 0 saturated carbocycles. The summed E-state index contributed by atoms with van der Waals surface area (Å²) in [6, 6.07) is -1.09. The SMILES string of the molecule is CCC[C@@H](NS(=O)(=O)NCCOC)C(=O)O. The van der Waals surface area contributed by atoms with E-state index in [1.165, 1.54) is 7.11 Å². The summed E-state index contributed by atoms with van der Waals surface area (Å²) in [5.41, 5.74) is 0. The second-order valence-electron chi connectivity index (χ2n) is 3.19. The number of ether oxygens (including phenoxy) is 1. The van der Waals surface area contributed by atoms with Crippen LogP contribution in [0.5, 0.6) is 0 Å². The summed E-state index contributed by atoms with van der Waals surface area (Å²) in [6.07, 6.45) is 0.831. The fraction of sp³-hybridized carbons (Fsp3) is 0.875. The van der Waals surface area contributed by atoms with Crippen LogP contribution < -0.4 is 9.44 Å². The zero-order valence-corrected chi connectivity index (χ0v) is 10.2. The molecular weight excluding hydrogens is 236 g/mol. The van der Waals surface area contributed by atoms with E-state index in [4.69, 9.17) is 5.11 Å². The zero-order valence-electron chi connectivity index (χ0n) is 9.39. The van der Waals surface area contributed by atoms with Crippen molar-refractivity contribution in [2.45, 2.75) is 25.8 Å². The molecule has 0 heterocycles. The molecule has 0 aliphatic rings. The largest absolute Gasteiger partial charge is 0.480 e. The number of carboxylic acids is 1. The van der Waals surface area contributed by atoms with Crippen molar-refractivity contribution in [1.29, 1.82) is 0 Å². The summed E-state index contributed by atoms with van der Waals surface area (Å²) < 4.78 is 31.6. The van der Waals surface area contributed by atoms with Gasteiger partial charge in [0.1, 0.15) is 6.04 Å². The number of carboxylic acid groups (broad SMARTS) is 1. The third-order valence-electron chi connectivity index (χ3n) is 1.77. The molecule has 0 aromatic heterocycles. The van der Waals surface area contributed by atoms with Gasteiger partial charge in [-0.3, -0.25) is 4.79 Å². The maximum Gasteiger partial charge on any atom is 0.321 e. The highest BCUT2D eigenvalue weighted by Gasteiger charge is 2.22. The van der Waals surface area contributed by atoms with Gasteiger partial charge in [-0.15, -0.1) is 0 Å². The van der Waals surface area contributed by atoms with Crippen molar-refractivity contribution in [3.05, 3.63) is 0 Å². The van der Waals surface area contributed by atoms with Crippen LogP contribution in [0.25, 0.3) is 0 Å². The smallest absolute Gasteiger partial charge is 0.321 e. The Morgan fingerprint density at radius 1 is 1.50 bits per heavy atom. The first-order valence-electron chi connectivity index (χ1n) is 4.91. The molecule has 0 aliphatic heterocycles. The minimum Gasteiger partial charge on any atom is -0.480 e. The number of rotatable bonds is 9. The summed E-state index contributed by atoms with van der Waals surface area (Å²) >= 11 is 0. The van der Waals surface area contributed by atoms with Crippen molar-refractivity contribution < 1.29 is 23.1 Å². The number of hydrogen-bond acceptors (Lipinski definition) is 4. The Bertz CT molecular complexity index is 304. The van der Waals surface area contributed by atoms with Crippen molar-refractivity contribution in [3.63, 3.8) is 0 Å². The molecule has 7 nitrogen and oxygen atoms in total. The van der Waals surface area contributed by atoms with E-state index in [1.807, 2.05) is 0 Å². The monoisotopic (exact) mass is 254 g/mol. The van der Waals surface area contributed by atoms with Gasteiger partial charge in [0.2, 0.25) is 0 Å². The van der Waals surface area contributed by atoms with E-state index in [2.05, 4.69) is 14.2 Å². The van der Waals surface area contributed by atoms with Gasteiger partial charge in [-0.05, 0) is 6.42 Å². The van der Waals surface area contributed by atoms with Gasteiger partial charge in [0.05, 0.1) is 6.61 Å². The van der Waals surface area contributed by atoms with Crippen LogP contribution in [0.1, 0.15) is 19.8 Å². The van der Waals surface area contributed by atoms with Crippen LogP contribution >= 0.6 is 0 Å². The number of methoxy groups -OCH3 is 1. The highest BCUT2D eigenvalue weighted by atomic mass is 32.2. The minimum absolute atomic E-state index is 0.101. The molecule has 8 heteroatoms. The second kappa shape index (κ2) is 7.55. The van der Waals surface area contributed by atoms with Crippen LogP contribution in [0.4, 0.5) is 0 Å². The number of nitrogens with one attached hydrogen (secondary N) is 2. The van der Waals surface area contributed by atoms with E-state index in [0.717, 1.165) is 0 Å². The topological polar surface area (TPSA) is 105 Å². The van der Waals surface area contributed by atoms with Crippen molar-refractivity contribution >= 4 is 16.2 Å². The molecule has 96 valence electrons. The Morgan fingerprint density at radius 2 is 2.12 bits per heavy atom. The summed E-state index contributed by atoms with van der Waals surface area (Å²) in [6.45, 7) is 2.11. The summed E-state index contributed by atoms with van der Waals surface area (Å²) in [5.74, 6) is -1.18. The Labute approximate surface area is 95.4 Å². The van der Waals surface area contributed by atoms with Gasteiger partial charge in [0.15, 0.2) is 0 Å². The molecule has 0 aromatic carbocycles. The standard InChI is InChI=1S/C8H18N2O5S/c1-3-4-7(8(11)12)10-16(13,14)9-5-6-15-2/h7,9-10H,3-6H2,1-2H3,(H,11,12)/t7-/m1/s1. The average molecular weight is 254 g/mol. The molecule has 0 bridgehead atoms. The first-order valence-corrected chi connectivity index (χ1v) is 6.40. The van der Waals surface area contributed by atoms with E-state index in [1.54, 1.807) is 6.92 Å². The molecule has 0 spiro atoms.